The third-order valence-corrected chi connectivity index (χ3v) is 7.35. The summed E-state index contributed by atoms with van der Waals surface area (Å²) in [6.45, 7) is 4.32. The Bertz CT molecular complexity index is 1370. The van der Waals surface area contributed by atoms with Crippen molar-refractivity contribution in [1.82, 2.24) is 16.0 Å². The Morgan fingerprint density at radius 1 is 0.761 bits per heavy atom. The van der Waals surface area contributed by atoms with Crippen molar-refractivity contribution in [3.63, 3.8) is 0 Å². The number of ether oxygens (including phenoxy) is 1. The Hall–Kier alpha value is -4.29. The molecule has 248 valence electrons. The van der Waals surface area contributed by atoms with E-state index in [2.05, 4.69) is 32.6 Å². The van der Waals surface area contributed by atoms with Crippen LogP contribution in [0.1, 0.15) is 54.0 Å². The number of nitrogens with one attached hydrogen (secondary N) is 3. The van der Waals surface area contributed by atoms with Gasteiger partial charge in [-0.15, -0.1) is 0 Å². The SMILES string of the molecule is CCCCCNC(=O)C(Cc1ccc(OCCOO)c(COO)c1)NC(=O)C(Cc1ccccc1)NC(=O)Cc1ccc(C)cc1. The van der Waals surface area contributed by atoms with Crippen molar-refractivity contribution in [3.05, 3.63) is 101 Å². The van der Waals surface area contributed by atoms with E-state index in [1.165, 1.54) is 0 Å². The largest absolute Gasteiger partial charge is 0.491 e. The first kappa shape index (κ1) is 36.2. The van der Waals surface area contributed by atoms with Gasteiger partial charge in [-0.25, -0.2) is 9.78 Å². The summed E-state index contributed by atoms with van der Waals surface area (Å²) in [5, 5.41) is 26.4. The number of hydrogen-bond donors (Lipinski definition) is 5. The van der Waals surface area contributed by atoms with Gasteiger partial charge in [0.1, 0.15) is 37.7 Å². The lowest BCUT2D eigenvalue weighted by atomic mass is 10.0. The highest BCUT2D eigenvalue weighted by Crippen LogP contribution is 2.22. The summed E-state index contributed by atoms with van der Waals surface area (Å²) in [6, 6.07) is 20.2. The molecule has 5 N–H and O–H groups in total. The topological polar surface area (TPSA) is 155 Å². The third-order valence-electron chi connectivity index (χ3n) is 7.35. The van der Waals surface area contributed by atoms with E-state index >= 15 is 0 Å². The zero-order chi connectivity index (χ0) is 33.1. The number of benzene rings is 3. The van der Waals surface area contributed by atoms with Crippen LogP contribution in [0.25, 0.3) is 0 Å². The second-order valence-corrected chi connectivity index (χ2v) is 11.1. The highest BCUT2D eigenvalue weighted by molar-refractivity contribution is 5.92. The minimum absolute atomic E-state index is 0.0564. The summed E-state index contributed by atoms with van der Waals surface area (Å²) < 4.78 is 5.59. The van der Waals surface area contributed by atoms with Gasteiger partial charge in [-0.2, -0.15) is 0 Å². The van der Waals surface area contributed by atoms with Gasteiger partial charge in [0, 0.05) is 24.9 Å². The molecule has 0 aliphatic heterocycles. The Kier molecular flexibility index (Phi) is 15.7. The van der Waals surface area contributed by atoms with E-state index in [0.29, 0.717) is 23.4 Å². The van der Waals surface area contributed by atoms with Crippen molar-refractivity contribution in [2.24, 2.45) is 0 Å². The first-order valence-corrected chi connectivity index (χ1v) is 15.6. The highest BCUT2D eigenvalue weighted by atomic mass is 17.1. The summed E-state index contributed by atoms with van der Waals surface area (Å²) in [5.74, 6) is -0.748. The maximum atomic E-state index is 13.8. The molecule has 0 fully saturated rings. The summed E-state index contributed by atoms with van der Waals surface area (Å²) in [4.78, 5) is 48.8. The normalized spacial score (nSPS) is 12.2. The molecule has 0 aromatic heterocycles. The number of amides is 3. The maximum absolute atomic E-state index is 13.8. The lowest BCUT2D eigenvalue weighted by Crippen LogP contribution is -2.55. The minimum atomic E-state index is -0.959. The molecular weight excluding hydrogens is 590 g/mol. The van der Waals surface area contributed by atoms with Crippen molar-refractivity contribution in [3.8, 4) is 5.75 Å². The van der Waals surface area contributed by atoms with E-state index in [0.717, 1.165) is 36.0 Å². The zero-order valence-electron chi connectivity index (χ0n) is 26.5. The van der Waals surface area contributed by atoms with E-state index in [1.54, 1.807) is 18.2 Å². The van der Waals surface area contributed by atoms with Crippen LogP contribution in [0.3, 0.4) is 0 Å². The third kappa shape index (κ3) is 12.6. The fraction of sp³-hybridized carbons (Fsp3) is 0.400. The van der Waals surface area contributed by atoms with Crippen molar-refractivity contribution in [1.29, 1.82) is 0 Å². The fourth-order valence-electron chi connectivity index (χ4n) is 4.89. The number of rotatable bonds is 20. The molecule has 0 heterocycles. The van der Waals surface area contributed by atoms with E-state index < -0.39 is 18.0 Å². The maximum Gasteiger partial charge on any atom is 0.243 e. The van der Waals surface area contributed by atoms with Gasteiger partial charge in [-0.3, -0.25) is 24.9 Å². The van der Waals surface area contributed by atoms with Crippen molar-refractivity contribution < 1.29 is 39.4 Å². The van der Waals surface area contributed by atoms with Gasteiger partial charge in [-0.05, 0) is 42.2 Å². The van der Waals surface area contributed by atoms with E-state index in [1.807, 2.05) is 61.5 Å². The smallest absolute Gasteiger partial charge is 0.243 e. The highest BCUT2D eigenvalue weighted by Gasteiger charge is 2.27. The number of hydrogen-bond acceptors (Lipinski definition) is 8. The lowest BCUT2D eigenvalue weighted by Gasteiger charge is -2.24. The van der Waals surface area contributed by atoms with Crippen LogP contribution in [0.15, 0.2) is 72.8 Å². The fourth-order valence-corrected chi connectivity index (χ4v) is 4.89. The van der Waals surface area contributed by atoms with Gasteiger partial charge in [0.2, 0.25) is 17.7 Å². The van der Waals surface area contributed by atoms with Crippen LogP contribution in [0, 0.1) is 6.92 Å². The lowest BCUT2D eigenvalue weighted by molar-refractivity contribution is -0.253. The second kappa shape index (κ2) is 20.0. The standard InChI is InChI=1S/C35H45N3O8/c1-3-4-8-17-36-34(40)30(22-28-15-16-32(44-18-19-45-42)29(20-28)24-46-43)38-35(41)31(21-26-9-6-5-7-10-26)37-33(39)23-27-13-11-25(2)12-14-27/h5-7,9-16,20,30-31,42-43H,3-4,8,17-19,21-24H2,1-2H3,(H,36,40)(H,37,39)(H,38,41). The number of unbranched alkanes of at least 4 members (excludes halogenated alkanes) is 2. The molecule has 2 unspecified atom stereocenters. The molecule has 0 radical (unpaired) electrons. The molecule has 46 heavy (non-hydrogen) atoms. The Morgan fingerprint density at radius 3 is 2.15 bits per heavy atom. The molecule has 3 aromatic rings. The molecule has 3 aromatic carbocycles. The summed E-state index contributed by atoms with van der Waals surface area (Å²) in [5.41, 5.74) is 3.94. The number of carbonyl (C=O) groups excluding carboxylic acids is 3. The van der Waals surface area contributed by atoms with Gasteiger partial charge in [-0.1, -0.05) is 86.0 Å². The average molecular weight is 636 g/mol. The van der Waals surface area contributed by atoms with E-state index in [4.69, 9.17) is 15.3 Å². The molecule has 0 bridgehead atoms. The van der Waals surface area contributed by atoms with Crippen LogP contribution < -0.4 is 20.7 Å². The predicted octanol–water partition coefficient (Wildman–Crippen LogP) is 4.16. The molecular formula is C35H45N3O8. The molecule has 0 aliphatic carbocycles. The molecule has 0 saturated heterocycles. The molecule has 0 aliphatic rings. The number of carbonyl (C=O) groups is 3. The average Bonchev–Trinajstić information content (AvgIpc) is 3.05. The molecule has 3 amide bonds. The second-order valence-electron chi connectivity index (χ2n) is 11.1. The molecule has 11 heteroatoms. The first-order chi connectivity index (χ1) is 22.3. The summed E-state index contributed by atoms with van der Waals surface area (Å²) >= 11 is 0. The van der Waals surface area contributed by atoms with Crippen molar-refractivity contribution in [2.75, 3.05) is 19.8 Å². The van der Waals surface area contributed by atoms with E-state index in [9.17, 15) is 14.4 Å². The quantitative estimate of drug-likeness (QED) is 0.0705. The number of aryl methyl sites for hydroxylation is 1. The van der Waals surface area contributed by atoms with E-state index in [-0.39, 0.29) is 50.9 Å². The Morgan fingerprint density at radius 2 is 1.46 bits per heavy atom. The van der Waals surface area contributed by atoms with Gasteiger partial charge < -0.3 is 20.7 Å². The van der Waals surface area contributed by atoms with Crippen molar-refractivity contribution in [2.45, 2.75) is 71.1 Å². The van der Waals surface area contributed by atoms with Crippen LogP contribution in [0.5, 0.6) is 5.75 Å². The van der Waals surface area contributed by atoms with Crippen LogP contribution >= 0.6 is 0 Å². The molecule has 0 saturated carbocycles. The Balaban J connectivity index is 1.82. The molecule has 2 atom stereocenters. The van der Waals surface area contributed by atoms with Gasteiger partial charge in [0.05, 0.1) is 6.42 Å². The summed E-state index contributed by atoms with van der Waals surface area (Å²) in [7, 11) is 0. The molecule has 11 nitrogen and oxygen atoms in total. The van der Waals surface area contributed by atoms with Gasteiger partial charge in [0.15, 0.2) is 0 Å². The monoisotopic (exact) mass is 635 g/mol. The van der Waals surface area contributed by atoms with Gasteiger partial charge >= 0.3 is 0 Å². The zero-order valence-corrected chi connectivity index (χ0v) is 26.5. The van der Waals surface area contributed by atoms with Crippen LogP contribution in [0.4, 0.5) is 0 Å². The van der Waals surface area contributed by atoms with Crippen molar-refractivity contribution >= 4 is 17.7 Å². The van der Waals surface area contributed by atoms with Gasteiger partial charge in [0.25, 0.3) is 0 Å². The van der Waals surface area contributed by atoms with Crippen LogP contribution in [0.2, 0.25) is 0 Å². The molecule has 3 rings (SSSR count). The first-order valence-electron chi connectivity index (χ1n) is 15.6. The molecule has 0 spiro atoms. The Labute approximate surface area is 270 Å². The minimum Gasteiger partial charge on any atom is -0.491 e. The van der Waals surface area contributed by atoms with Crippen LogP contribution in [-0.2, 0) is 50.0 Å². The summed E-state index contributed by atoms with van der Waals surface area (Å²) in [6.07, 6.45) is 3.22. The predicted molar refractivity (Wildman–Crippen MR) is 173 cm³/mol. The van der Waals surface area contributed by atoms with Crippen LogP contribution in [-0.4, -0.2) is 60.1 Å².